The van der Waals surface area contributed by atoms with Crippen molar-refractivity contribution in [1.82, 2.24) is 9.38 Å². The van der Waals surface area contributed by atoms with Crippen molar-refractivity contribution in [3.8, 4) is 10.6 Å². The molecule has 0 fully saturated rings. The number of imidazole rings is 1. The topological polar surface area (TPSA) is 17.3 Å². The second kappa shape index (κ2) is 4.03. The Hall–Kier alpha value is -1.13. The predicted molar refractivity (Wildman–Crippen MR) is 70.4 cm³/mol. The number of nitrogens with zero attached hydrogens (tertiary/aromatic N) is 2. The Morgan fingerprint density at radius 3 is 3.00 bits per heavy atom. The van der Waals surface area contributed by atoms with Crippen LogP contribution in [0.15, 0.2) is 29.9 Å². The van der Waals surface area contributed by atoms with Gasteiger partial charge in [0.05, 0.1) is 4.88 Å². The van der Waals surface area contributed by atoms with Gasteiger partial charge < -0.3 is 0 Å². The molecule has 0 atom stereocenters. The van der Waals surface area contributed by atoms with Crippen LogP contribution in [0.1, 0.15) is 18.2 Å². The third-order valence-electron chi connectivity index (χ3n) is 2.47. The summed E-state index contributed by atoms with van der Waals surface area (Å²) in [6, 6.07) is 4.18. The Kier molecular flexibility index (Phi) is 2.53. The number of thiazole rings is 1. The normalized spacial score (nSPS) is 11.3. The van der Waals surface area contributed by atoms with Crippen molar-refractivity contribution in [2.24, 2.45) is 0 Å². The van der Waals surface area contributed by atoms with E-state index in [0.717, 1.165) is 17.1 Å². The molecule has 0 radical (unpaired) electrons. The molecule has 16 heavy (non-hydrogen) atoms. The third kappa shape index (κ3) is 1.68. The summed E-state index contributed by atoms with van der Waals surface area (Å²) in [5, 5.41) is 2.09. The predicted octanol–water partition coefficient (Wildman–Crippen LogP) is 4.08. The van der Waals surface area contributed by atoms with Gasteiger partial charge in [0.25, 0.3) is 0 Å². The van der Waals surface area contributed by atoms with Crippen molar-refractivity contribution < 1.29 is 0 Å². The quantitative estimate of drug-likeness (QED) is 0.682. The van der Waals surface area contributed by atoms with Gasteiger partial charge in [-0.05, 0) is 17.9 Å². The van der Waals surface area contributed by atoms with Crippen LogP contribution in [-0.4, -0.2) is 9.38 Å². The van der Waals surface area contributed by atoms with E-state index in [9.17, 15) is 0 Å². The van der Waals surface area contributed by atoms with Gasteiger partial charge in [-0.3, -0.25) is 4.40 Å². The number of aryl methyl sites for hydroxylation is 1. The van der Waals surface area contributed by atoms with E-state index >= 15 is 0 Å². The molecule has 3 rings (SSSR count). The van der Waals surface area contributed by atoms with Gasteiger partial charge in [-0.25, -0.2) is 4.98 Å². The van der Waals surface area contributed by atoms with Gasteiger partial charge in [0.15, 0.2) is 4.96 Å². The van der Waals surface area contributed by atoms with E-state index in [1.165, 1.54) is 16.2 Å². The maximum absolute atomic E-state index is 4.65. The molecule has 82 valence electrons. The molecule has 0 aliphatic heterocycles. The molecule has 0 saturated heterocycles. The molecule has 0 aliphatic rings. The van der Waals surface area contributed by atoms with Crippen molar-refractivity contribution in [3.05, 3.63) is 34.8 Å². The number of fused-ring (bicyclic) bond motifs is 1. The first kappa shape index (κ1) is 10.1. The molecule has 0 aromatic carbocycles. The Labute approximate surface area is 102 Å². The molecule has 0 bridgehead atoms. The summed E-state index contributed by atoms with van der Waals surface area (Å²) in [5.74, 6) is 0. The highest BCUT2D eigenvalue weighted by molar-refractivity contribution is 7.17. The van der Waals surface area contributed by atoms with Crippen LogP contribution in [0.4, 0.5) is 0 Å². The molecule has 0 unspecified atom stereocenters. The average molecular weight is 248 g/mol. The summed E-state index contributed by atoms with van der Waals surface area (Å²) in [5.41, 5.74) is 1.09. The van der Waals surface area contributed by atoms with E-state index < -0.39 is 0 Å². The molecule has 2 nitrogen and oxygen atoms in total. The Balaban J connectivity index is 2.02. The van der Waals surface area contributed by atoms with E-state index in [2.05, 4.69) is 46.2 Å². The number of hydrogen-bond acceptors (Lipinski definition) is 3. The number of rotatable bonds is 3. The molecule has 3 aromatic heterocycles. The summed E-state index contributed by atoms with van der Waals surface area (Å²) < 4.78 is 2.14. The smallest absolute Gasteiger partial charge is 0.194 e. The highest BCUT2D eigenvalue weighted by atomic mass is 32.1. The van der Waals surface area contributed by atoms with Crippen molar-refractivity contribution in [2.75, 3.05) is 0 Å². The molecule has 0 aliphatic carbocycles. The van der Waals surface area contributed by atoms with E-state index in [0.29, 0.717) is 0 Å². The van der Waals surface area contributed by atoms with Crippen LogP contribution in [-0.2, 0) is 6.42 Å². The van der Waals surface area contributed by atoms with Crippen molar-refractivity contribution in [2.45, 2.75) is 19.8 Å². The fourth-order valence-electron chi connectivity index (χ4n) is 1.75. The lowest BCUT2D eigenvalue weighted by Gasteiger charge is -1.88. The highest BCUT2D eigenvalue weighted by Crippen LogP contribution is 2.27. The Bertz CT molecular complexity index is 558. The first-order valence-electron chi connectivity index (χ1n) is 5.38. The average Bonchev–Trinajstić information content (AvgIpc) is 2.89. The zero-order chi connectivity index (χ0) is 11.0. The molecule has 0 amide bonds. The Morgan fingerprint density at radius 1 is 1.38 bits per heavy atom. The minimum absolute atomic E-state index is 1.09. The van der Waals surface area contributed by atoms with E-state index in [1.54, 1.807) is 22.7 Å². The van der Waals surface area contributed by atoms with E-state index in [-0.39, 0.29) is 0 Å². The van der Waals surface area contributed by atoms with Crippen LogP contribution in [0.2, 0.25) is 0 Å². The molecule has 0 N–H and O–H groups in total. The van der Waals surface area contributed by atoms with Crippen LogP contribution in [0.25, 0.3) is 15.5 Å². The molecule has 0 spiro atoms. The molecule has 4 heteroatoms. The maximum Gasteiger partial charge on any atom is 0.194 e. The minimum atomic E-state index is 1.09. The first-order chi connectivity index (χ1) is 7.86. The summed E-state index contributed by atoms with van der Waals surface area (Å²) in [6.45, 7) is 2.21. The van der Waals surface area contributed by atoms with Crippen LogP contribution < -0.4 is 0 Å². The van der Waals surface area contributed by atoms with Gasteiger partial charge in [-0.2, -0.15) is 0 Å². The minimum Gasteiger partial charge on any atom is -0.297 e. The summed E-state index contributed by atoms with van der Waals surface area (Å²) in [4.78, 5) is 8.42. The largest absolute Gasteiger partial charge is 0.297 e. The van der Waals surface area contributed by atoms with Gasteiger partial charge in [-0.15, -0.1) is 22.7 Å². The molecule has 0 saturated carbocycles. The van der Waals surface area contributed by atoms with Crippen molar-refractivity contribution >= 4 is 27.6 Å². The number of aromatic nitrogens is 2. The molecular formula is C12H12N2S2. The summed E-state index contributed by atoms with van der Waals surface area (Å²) in [7, 11) is 0. The highest BCUT2D eigenvalue weighted by Gasteiger charge is 2.08. The van der Waals surface area contributed by atoms with Crippen LogP contribution in [0, 0.1) is 0 Å². The van der Waals surface area contributed by atoms with Gasteiger partial charge in [-0.1, -0.05) is 19.4 Å². The monoisotopic (exact) mass is 248 g/mol. The lowest BCUT2D eigenvalue weighted by atomic mass is 10.3. The van der Waals surface area contributed by atoms with E-state index in [1.807, 2.05) is 0 Å². The zero-order valence-electron chi connectivity index (χ0n) is 9.01. The standard InChI is InChI=1S/C12H12N2S2/c1-2-4-9-7-14-8-10(13-12(14)16-9)11-5-3-6-15-11/h3,5-8H,2,4H2,1H3. The second-order valence-electron chi connectivity index (χ2n) is 3.74. The fourth-order valence-corrected chi connectivity index (χ4v) is 3.49. The third-order valence-corrected chi connectivity index (χ3v) is 4.42. The lowest BCUT2D eigenvalue weighted by molar-refractivity contribution is 0.932. The lowest BCUT2D eigenvalue weighted by Crippen LogP contribution is -1.76. The van der Waals surface area contributed by atoms with Gasteiger partial charge >= 0.3 is 0 Å². The maximum atomic E-state index is 4.65. The van der Waals surface area contributed by atoms with Crippen LogP contribution in [0.3, 0.4) is 0 Å². The summed E-state index contributed by atoms with van der Waals surface area (Å²) in [6.07, 6.45) is 6.67. The number of hydrogen-bond donors (Lipinski definition) is 0. The van der Waals surface area contributed by atoms with E-state index in [4.69, 9.17) is 0 Å². The van der Waals surface area contributed by atoms with Gasteiger partial charge in [0.1, 0.15) is 5.69 Å². The van der Waals surface area contributed by atoms with Gasteiger partial charge in [0, 0.05) is 17.3 Å². The number of thiophene rings is 1. The van der Waals surface area contributed by atoms with Crippen LogP contribution in [0.5, 0.6) is 0 Å². The Morgan fingerprint density at radius 2 is 2.31 bits per heavy atom. The van der Waals surface area contributed by atoms with Crippen LogP contribution >= 0.6 is 22.7 Å². The zero-order valence-corrected chi connectivity index (χ0v) is 10.6. The second-order valence-corrected chi connectivity index (χ2v) is 5.78. The molecule has 3 heterocycles. The summed E-state index contributed by atoms with van der Waals surface area (Å²) >= 11 is 3.53. The SMILES string of the molecule is CCCc1cn2cc(-c3cccs3)nc2s1. The fraction of sp³-hybridized carbons (Fsp3) is 0.250. The van der Waals surface area contributed by atoms with Gasteiger partial charge in [0.2, 0.25) is 0 Å². The molecule has 3 aromatic rings. The van der Waals surface area contributed by atoms with Crippen molar-refractivity contribution in [3.63, 3.8) is 0 Å². The molecular weight excluding hydrogens is 236 g/mol. The van der Waals surface area contributed by atoms with Crippen molar-refractivity contribution in [1.29, 1.82) is 0 Å². The first-order valence-corrected chi connectivity index (χ1v) is 7.07.